The van der Waals surface area contributed by atoms with Crippen LogP contribution in [0.2, 0.25) is 0 Å². The Morgan fingerprint density at radius 3 is 2.08 bits per heavy atom. The van der Waals surface area contributed by atoms with Gasteiger partial charge in [0.2, 0.25) is 11.6 Å². The third-order valence-corrected chi connectivity index (χ3v) is 4.05. The molecule has 0 saturated carbocycles. The summed E-state index contributed by atoms with van der Waals surface area (Å²) in [6.45, 7) is 7.54. The maximum Gasteiger partial charge on any atom is 0.251 e. The Labute approximate surface area is 142 Å². The second kappa shape index (κ2) is 5.78. The Bertz CT molecular complexity index is 763. The van der Waals surface area contributed by atoms with Crippen LogP contribution in [0, 0.1) is 5.41 Å². The molecule has 1 atom stereocenters. The van der Waals surface area contributed by atoms with Gasteiger partial charge in [-0.25, -0.2) is 0 Å². The zero-order chi connectivity index (χ0) is 17.4. The lowest BCUT2D eigenvalue weighted by molar-refractivity contribution is -0.157. The number of carbonyl (C=O) groups is 1. The second-order valence-corrected chi connectivity index (χ2v) is 7.09. The van der Waals surface area contributed by atoms with Crippen molar-refractivity contribution < 1.29 is 9.53 Å². The highest BCUT2D eigenvalue weighted by molar-refractivity contribution is 5.97. The molecule has 2 aromatic carbocycles. The molecule has 0 N–H and O–H groups in total. The summed E-state index contributed by atoms with van der Waals surface area (Å²) in [5.74, 6) is 0.374. The van der Waals surface area contributed by atoms with Gasteiger partial charge in [0.1, 0.15) is 0 Å². The van der Waals surface area contributed by atoms with Crippen LogP contribution < -0.4 is 0 Å². The summed E-state index contributed by atoms with van der Waals surface area (Å²) in [5.41, 5.74) is 0.215. The van der Waals surface area contributed by atoms with Crippen LogP contribution in [0.25, 0.3) is 0 Å². The van der Waals surface area contributed by atoms with E-state index in [9.17, 15) is 4.79 Å². The highest BCUT2D eigenvalue weighted by Gasteiger charge is 2.48. The van der Waals surface area contributed by atoms with E-state index < -0.39 is 11.1 Å². The third-order valence-electron chi connectivity index (χ3n) is 4.05. The average molecular weight is 322 g/mol. The molecule has 1 aliphatic heterocycles. The second-order valence-electron chi connectivity index (χ2n) is 7.09. The SMILES string of the molecule is CC(C)(C)C(=O)N1N=C(c2ccccc2)OC1(C)c1ccccc1. The summed E-state index contributed by atoms with van der Waals surface area (Å²) >= 11 is 0. The van der Waals surface area contributed by atoms with Crippen LogP contribution in [0.5, 0.6) is 0 Å². The van der Waals surface area contributed by atoms with E-state index >= 15 is 0 Å². The molecule has 0 aromatic heterocycles. The fourth-order valence-corrected chi connectivity index (χ4v) is 2.62. The predicted octanol–water partition coefficient (Wildman–Crippen LogP) is 4.13. The van der Waals surface area contributed by atoms with E-state index in [1.165, 1.54) is 5.01 Å². The number of amides is 1. The molecule has 3 rings (SSSR count). The number of rotatable bonds is 2. The predicted molar refractivity (Wildman–Crippen MR) is 94.2 cm³/mol. The van der Waals surface area contributed by atoms with Crippen LogP contribution in [-0.4, -0.2) is 16.8 Å². The van der Waals surface area contributed by atoms with Gasteiger partial charge in [0.05, 0.1) is 0 Å². The highest BCUT2D eigenvalue weighted by atomic mass is 16.6. The highest BCUT2D eigenvalue weighted by Crippen LogP contribution is 2.38. The maximum absolute atomic E-state index is 13.0. The van der Waals surface area contributed by atoms with Crippen molar-refractivity contribution in [3.8, 4) is 0 Å². The molecule has 1 aliphatic rings. The van der Waals surface area contributed by atoms with E-state index in [0.717, 1.165) is 11.1 Å². The number of ether oxygens (including phenoxy) is 1. The van der Waals surface area contributed by atoms with Crippen molar-refractivity contribution in [1.82, 2.24) is 5.01 Å². The van der Waals surface area contributed by atoms with Gasteiger partial charge < -0.3 is 4.74 Å². The van der Waals surface area contributed by atoms with Gasteiger partial charge in [-0.3, -0.25) is 4.79 Å². The number of carbonyl (C=O) groups excluding carboxylic acids is 1. The van der Waals surface area contributed by atoms with E-state index in [2.05, 4.69) is 5.10 Å². The minimum Gasteiger partial charge on any atom is -0.443 e. The summed E-state index contributed by atoms with van der Waals surface area (Å²) < 4.78 is 6.21. The van der Waals surface area contributed by atoms with Crippen LogP contribution in [0.1, 0.15) is 38.8 Å². The first-order valence-corrected chi connectivity index (χ1v) is 8.05. The lowest BCUT2D eigenvalue weighted by Gasteiger charge is -2.35. The van der Waals surface area contributed by atoms with Crippen LogP contribution in [0.15, 0.2) is 65.8 Å². The van der Waals surface area contributed by atoms with Crippen molar-refractivity contribution >= 4 is 11.8 Å². The van der Waals surface area contributed by atoms with Gasteiger partial charge in [0.15, 0.2) is 0 Å². The zero-order valence-electron chi connectivity index (χ0n) is 14.5. The Kier molecular flexibility index (Phi) is 3.91. The van der Waals surface area contributed by atoms with E-state index in [4.69, 9.17) is 4.74 Å². The van der Waals surface area contributed by atoms with Crippen LogP contribution in [0.3, 0.4) is 0 Å². The van der Waals surface area contributed by atoms with Crippen LogP contribution >= 0.6 is 0 Å². The summed E-state index contributed by atoms with van der Waals surface area (Å²) in [5, 5.41) is 6.01. The van der Waals surface area contributed by atoms with E-state index in [0.29, 0.717) is 5.90 Å². The molecule has 0 aliphatic carbocycles. The van der Waals surface area contributed by atoms with Gasteiger partial charge in [-0.05, 0) is 12.1 Å². The maximum atomic E-state index is 13.0. The van der Waals surface area contributed by atoms with Crippen molar-refractivity contribution in [3.05, 3.63) is 71.8 Å². The fourth-order valence-electron chi connectivity index (χ4n) is 2.62. The molecule has 4 heteroatoms. The average Bonchev–Trinajstić information content (AvgIpc) is 2.94. The minimum atomic E-state index is -0.962. The van der Waals surface area contributed by atoms with Crippen molar-refractivity contribution in [1.29, 1.82) is 0 Å². The topological polar surface area (TPSA) is 41.9 Å². The molecule has 0 bridgehead atoms. The number of hydrazone groups is 1. The van der Waals surface area contributed by atoms with Crippen LogP contribution in [-0.2, 0) is 15.3 Å². The minimum absolute atomic E-state index is 0.0835. The summed E-state index contributed by atoms with van der Waals surface area (Å²) in [6.07, 6.45) is 0. The molecular weight excluding hydrogens is 300 g/mol. The molecule has 1 heterocycles. The van der Waals surface area contributed by atoms with E-state index in [1.807, 2.05) is 88.4 Å². The molecule has 4 nitrogen and oxygen atoms in total. The molecule has 0 spiro atoms. The Hall–Kier alpha value is -2.62. The van der Waals surface area contributed by atoms with Gasteiger partial charge in [0, 0.05) is 23.5 Å². The summed E-state index contributed by atoms with van der Waals surface area (Å²) in [4.78, 5) is 13.0. The first-order chi connectivity index (χ1) is 11.3. The van der Waals surface area contributed by atoms with Crippen molar-refractivity contribution in [2.75, 3.05) is 0 Å². The summed E-state index contributed by atoms with van der Waals surface area (Å²) in [6, 6.07) is 19.4. The van der Waals surface area contributed by atoms with Gasteiger partial charge >= 0.3 is 0 Å². The monoisotopic (exact) mass is 322 g/mol. The molecule has 1 unspecified atom stereocenters. The normalized spacial score (nSPS) is 20.5. The number of nitrogens with zero attached hydrogens (tertiary/aromatic N) is 2. The largest absolute Gasteiger partial charge is 0.443 e. The van der Waals surface area contributed by atoms with Crippen molar-refractivity contribution in [3.63, 3.8) is 0 Å². The Balaban J connectivity index is 2.08. The molecule has 0 fully saturated rings. The number of hydrogen-bond donors (Lipinski definition) is 0. The molecular formula is C20H22N2O2. The molecule has 1 amide bonds. The fraction of sp³-hybridized carbons (Fsp3) is 0.300. The first kappa shape index (κ1) is 16.2. The van der Waals surface area contributed by atoms with E-state index in [-0.39, 0.29) is 5.91 Å². The summed E-state index contributed by atoms with van der Waals surface area (Å²) in [7, 11) is 0. The van der Waals surface area contributed by atoms with Crippen LogP contribution in [0.4, 0.5) is 0 Å². The smallest absolute Gasteiger partial charge is 0.251 e. The molecule has 0 saturated heterocycles. The Morgan fingerprint density at radius 2 is 1.54 bits per heavy atom. The molecule has 124 valence electrons. The molecule has 2 aromatic rings. The Morgan fingerprint density at radius 1 is 1.00 bits per heavy atom. The van der Waals surface area contributed by atoms with Gasteiger partial charge in [-0.1, -0.05) is 69.3 Å². The van der Waals surface area contributed by atoms with Gasteiger partial charge in [-0.15, -0.1) is 5.10 Å². The van der Waals surface area contributed by atoms with E-state index in [1.54, 1.807) is 0 Å². The van der Waals surface area contributed by atoms with Gasteiger partial charge in [-0.2, -0.15) is 5.01 Å². The quantitative estimate of drug-likeness (QED) is 0.834. The first-order valence-electron chi connectivity index (χ1n) is 8.05. The lowest BCUT2D eigenvalue weighted by atomic mass is 9.93. The zero-order valence-corrected chi connectivity index (χ0v) is 14.5. The number of benzene rings is 2. The third kappa shape index (κ3) is 2.80. The molecule has 24 heavy (non-hydrogen) atoms. The number of hydrogen-bond acceptors (Lipinski definition) is 3. The van der Waals surface area contributed by atoms with Gasteiger partial charge in [0.25, 0.3) is 5.91 Å². The molecule has 0 radical (unpaired) electrons. The van der Waals surface area contributed by atoms with Crippen molar-refractivity contribution in [2.45, 2.75) is 33.4 Å². The standard InChI is InChI=1S/C20H22N2O2/c1-19(2,3)18(23)22-20(4,16-13-9-6-10-14-16)24-17(21-22)15-11-7-5-8-12-15/h5-14H,1-4H3. The van der Waals surface area contributed by atoms with Crippen molar-refractivity contribution in [2.24, 2.45) is 10.5 Å². The lowest BCUT2D eigenvalue weighted by Crippen LogP contribution is -2.46.